The smallest absolute Gasteiger partial charge is 0.394 e. The molecule has 0 amide bonds. The second kappa shape index (κ2) is 5.73. The maximum Gasteiger partial charge on any atom is 0.456 e. The molecule has 4 atom stereocenters. The lowest BCUT2D eigenvalue weighted by molar-refractivity contribution is -0.0887. The highest BCUT2D eigenvalue weighted by molar-refractivity contribution is 6.06. The van der Waals surface area contributed by atoms with Crippen molar-refractivity contribution in [2.24, 2.45) is 0 Å². The van der Waals surface area contributed by atoms with E-state index in [2.05, 4.69) is 15.0 Å². The van der Waals surface area contributed by atoms with E-state index in [1.54, 1.807) is 0 Å². The van der Waals surface area contributed by atoms with Crippen LogP contribution < -0.4 is 0 Å². The molecule has 0 spiro atoms. The number of Topliss-reactive ketones (excluding diaryl/α,β-unsaturated/α-hetero) is 1. The normalized spacial score (nSPS) is 27.8. The van der Waals surface area contributed by atoms with E-state index in [0.29, 0.717) is 0 Å². The Bertz CT molecular complexity index is 780. The average molecular weight is 348 g/mol. The Morgan fingerprint density at radius 1 is 1.25 bits per heavy atom. The summed E-state index contributed by atoms with van der Waals surface area (Å²) in [6.45, 7) is -0.575. The largest absolute Gasteiger partial charge is 0.456 e. The van der Waals surface area contributed by atoms with Gasteiger partial charge in [0.15, 0.2) is 11.9 Å². The van der Waals surface area contributed by atoms with E-state index in [0.717, 1.165) is 17.2 Å². The van der Waals surface area contributed by atoms with Gasteiger partial charge in [0.25, 0.3) is 5.78 Å². The number of imidazole rings is 1. The molecule has 24 heavy (non-hydrogen) atoms. The first kappa shape index (κ1) is 16.7. The van der Waals surface area contributed by atoms with Crippen molar-refractivity contribution in [3.8, 4) is 0 Å². The molecule has 0 aromatic carbocycles. The summed E-state index contributed by atoms with van der Waals surface area (Å²) in [5.74, 6) is -2.18. The van der Waals surface area contributed by atoms with Gasteiger partial charge in [0.1, 0.15) is 35.8 Å². The SMILES string of the molecule is O=C(c1ncnc2c1ncn2[C@@H]1O[C@H](CO)[C@@H](O)[C@H]1O)C(F)(F)F. The molecule has 130 valence electrons. The lowest BCUT2D eigenvalue weighted by Crippen LogP contribution is -2.33. The molecule has 12 heteroatoms. The summed E-state index contributed by atoms with van der Waals surface area (Å²) in [5.41, 5.74) is -1.54. The summed E-state index contributed by atoms with van der Waals surface area (Å²) in [5, 5.41) is 28.8. The van der Waals surface area contributed by atoms with Gasteiger partial charge in [0.05, 0.1) is 12.9 Å². The number of carbonyl (C=O) groups excluding carboxylic acids is 1. The number of hydrogen-bond acceptors (Lipinski definition) is 8. The number of aliphatic hydroxyl groups is 3. The second-order valence-corrected chi connectivity index (χ2v) is 5.10. The van der Waals surface area contributed by atoms with Gasteiger partial charge in [-0.25, -0.2) is 15.0 Å². The highest BCUT2D eigenvalue weighted by atomic mass is 19.4. The number of fused-ring (bicyclic) bond motifs is 1. The molecule has 3 heterocycles. The summed E-state index contributed by atoms with van der Waals surface area (Å²) in [4.78, 5) is 22.2. The van der Waals surface area contributed by atoms with E-state index >= 15 is 0 Å². The number of halogens is 3. The molecule has 0 radical (unpaired) electrons. The van der Waals surface area contributed by atoms with Gasteiger partial charge in [-0.3, -0.25) is 9.36 Å². The fraction of sp³-hybridized carbons (Fsp3) is 0.500. The van der Waals surface area contributed by atoms with Gasteiger partial charge in [0, 0.05) is 0 Å². The van der Waals surface area contributed by atoms with Crippen molar-refractivity contribution in [2.45, 2.75) is 30.7 Å². The highest BCUT2D eigenvalue weighted by Crippen LogP contribution is 2.32. The number of ether oxygens (including phenoxy) is 1. The van der Waals surface area contributed by atoms with Crippen LogP contribution in [0.4, 0.5) is 13.2 Å². The molecule has 1 aliphatic heterocycles. The van der Waals surface area contributed by atoms with Crippen LogP contribution in [0.1, 0.15) is 16.7 Å². The Hall–Kier alpha value is -2.15. The molecule has 0 aliphatic carbocycles. The Balaban J connectivity index is 2.05. The third-order valence-electron chi connectivity index (χ3n) is 3.62. The number of hydrogen-bond donors (Lipinski definition) is 3. The van der Waals surface area contributed by atoms with E-state index in [4.69, 9.17) is 9.84 Å². The van der Waals surface area contributed by atoms with Crippen LogP contribution in [0.25, 0.3) is 11.2 Å². The molecular formula is C12H11F3N4O5. The summed E-state index contributed by atoms with van der Waals surface area (Å²) >= 11 is 0. The van der Waals surface area contributed by atoms with Gasteiger partial charge in [-0.2, -0.15) is 13.2 Å². The average Bonchev–Trinajstić information content (AvgIpc) is 3.08. The van der Waals surface area contributed by atoms with Gasteiger partial charge < -0.3 is 20.1 Å². The topological polar surface area (TPSA) is 131 Å². The molecule has 1 fully saturated rings. The van der Waals surface area contributed by atoms with Crippen LogP contribution in [-0.4, -0.2) is 71.7 Å². The maximum atomic E-state index is 12.6. The summed E-state index contributed by atoms with van der Waals surface area (Å²) in [7, 11) is 0. The van der Waals surface area contributed by atoms with Crippen LogP contribution >= 0.6 is 0 Å². The van der Waals surface area contributed by atoms with Crippen molar-refractivity contribution in [2.75, 3.05) is 6.61 Å². The minimum absolute atomic E-state index is 0.188. The highest BCUT2D eigenvalue weighted by Gasteiger charge is 2.45. The standard InChI is InChI=1S/C12H11F3N4O5/c13-12(14,15)9(23)5-6-10(17-2-16-5)19(3-18-6)11-8(22)7(21)4(1-20)24-11/h2-4,7-8,11,20-22H,1H2/t4-,7-,8-,11-/m1/s1. The summed E-state index contributed by atoms with van der Waals surface area (Å²) < 4.78 is 44.2. The predicted molar refractivity (Wildman–Crippen MR) is 68.7 cm³/mol. The molecular weight excluding hydrogens is 337 g/mol. The molecule has 3 N–H and O–H groups in total. The van der Waals surface area contributed by atoms with Crippen LogP contribution in [0.15, 0.2) is 12.7 Å². The monoisotopic (exact) mass is 348 g/mol. The third-order valence-corrected chi connectivity index (χ3v) is 3.62. The first-order valence-electron chi connectivity index (χ1n) is 6.67. The summed E-state index contributed by atoms with van der Waals surface area (Å²) in [6.07, 6.45) is -8.58. The van der Waals surface area contributed by atoms with E-state index in [1.165, 1.54) is 0 Å². The van der Waals surface area contributed by atoms with E-state index in [9.17, 15) is 28.2 Å². The van der Waals surface area contributed by atoms with Crippen molar-refractivity contribution in [3.05, 3.63) is 18.3 Å². The molecule has 9 nitrogen and oxygen atoms in total. The van der Waals surface area contributed by atoms with Crippen LogP contribution in [0.5, 0.6) is 0 Å². The van der Waals surface area contributed by atoms with Gasteiger partial charge in [-0.05, 0) is 0 Å². The minimum Gasteiger partial charge on any atom is -0.394 e. The summed E-state index contributed by atoms with van der Waals surface area (Å²) in [6, 6.07) is 0. The first-order chi connectivity index (χ1) is 11.3. The first-order valence-corrected chi connectivity index (χ1v) is 6.67. The van der Waals surface area contributed by atoms with Gasteiger partial charge in [-0.15, -0.1) is 0 Å². The van der Waals surface area contributed by atoms with Crippen molar-refractivity contribution < 1.29 is 38.0 Å². The molecule has 2 aromatic heterocycles. The molecule has 0 bridgehead atoms. The number of alkyl halides is 3. The van der Waals surface area contributed by atoms with E-state index < -0.39 is 54.3 Å². The van der Waals surface area contributed by atoms with Crippen molar-refractivity contribution in [1.82, 2.24) is 19.5 Å². The number of ketones is 1. The van der Waals surface area contributed by atoms with Crippen molar-refractivity contribution in [1.29, 1.82) is 0 Å². The van der Waals surface area contributed by atoms with Gasteiger partial charge in [0.2, 0.25) is 0 Å². The molecule has 3 rings (SSSR count). The lowest BCUT2D eigenvalue weighted by atomic mass is 10.1. The second-order valence-electron chi connectivity index (χ2n) is 5.10. The maximum absolute atomic E-state index is 12.6. The number of aromatic nitrogens is 4. The zero-order valence-corrected chi connectivity index (χ0v) is 11.8. The van der Waals surface area contributed by atoms with Crippen LogP contribution in [-0.2, 0) is 4.74 Å². The number of nitrogens with zero attached hydrogens (tertiary/aromatic N) is 4. The molecule has 0 unspecified atom stereocenters. The Labute approximate surface area is 131 Å². The number of rotatable bonds is 3. The molecule has 1 saturated heterocycles. The Morgan fingerprint density at radius 2 is 1.96 bits per heavy atom. The van der Waals surface area contributed by atoms with Crippen molar-refractivity contribution in [3.63, 3.8) is 0 Å². The fourth-order valence-electron chi connectivity index (χ4n) is 2.45. The van der Waals surface area contributed by atoms with Gasteiger partial charge >= 0.3 is 6.18 Å². The fourth-order valence-corrected chi connectivity index (χ4v) is 2.45. The molecule has 2 aromatic rings. The number of aliphatic hydroxyl groups excluding tert-OH is 3. The van der Waals surface area contributed by atoms with E-state index in [-0.39, 0.29) is 5.65 Å². The lowest BCUT2D eigenvalue weighted by Gasteiger charge is -2.16. The number of carbonyl (C=O) groups is 1. The third kappa shape index (κ3) is 2.53. The Kier molecular flexibility index (Phi) is 3.99. The van der Waals surface area contributed by atoms with E-state index in [1.807, 2.05) is 0 Å². The van der Waals surface area contributed by atoms with Crippen molar-refractivity contribution >= 4 is 16.9 Å². The van der Waals surface area contributed by atoms with Crippen LogP contribution in [0, 0.1) is 0 Å². The zero-order chi connectivity index (χ0) is 17.6. The molecule has 0 saturated carbocycles. The quantitative estimate of drug-likeness (QED) is 0.614. The zero-order valence-electron chi connectivity index (χ0n) is 11.8. The van der Waals surface area contributed by atoms with Crippen LogP contribution in [0.3, 0.4) is 0 Å². The molecule has 1 aliphatic rings. The predicted octanol–water partition coefficient (Wildman–Crippen LogP) is -0.817. The Morgan fingerprint density at radius 3 is 2.54 bits per heavy atom. The van der Waals surface area contributed by atoms with Crippen LogP contribution in [0.2, 0.25) is 0 Å². The van der Waals surface area contributed by atoms with Gasteiger partial charge in [-0.1, -0.05) is 0 Å². The minimum atomic E-state index is -5.13.